The van der Waals surface area contributed by atoms with Gasteiger partial charge in [0.05, 0.1) is 0 Å². The van der Waals surface area contributed by atoms with Gasteiger partial charge in [-0.3, -0.25) is 14.5 Å². The van der Waals surface area contributed by atoms with Crippen molar-refractivity contribution in [2.24, 2.45) is 0 Å². The molecule has 2 aromatic carbocycles. The third-order valence-corrected chi connectivity index (χ3v) is 5.28. The predicted molar refractivity (Wildman–Crippen MR) is 118 cm³/mol. The third-order valence-electron chi connectivity index (χ3n) is 5.28. The largest absolute Gasteiger partial charge is 0.339 e. The summed E-state index contributed by atoms with van der Waals surface area (Å²) in [5, 5.41) is 0. The summed E-state index contributed by atoms with van der Waals surface area (Å²) < 4.78 is 0. The van der Waals surface area contributed by atoms with Crippen molar-refractivity contribution < 1.29 is 9.59 Å². The number of anilines is 1. The van der Waals surface area contributed by atoms with Crippen molar-refractivity contribution >= 4 is 23.6 Å². The number of amides is 2. The number of hydrogen-bond acceptors (Lipinski definition) is 3. The normalized spacial score (nSPS) is 14.9. The Labute approximate surface area is 173 Å². The van der Waals surface area contributed by atoms with Gasteiger partial charge in [0.2, 0.25) is 11.8 Å². The molecule has 2 aromatic rings. The molecule has 5 heteroatoms. The summed E-state index contributed by atoms with van der Waals surface area (Å²) in [6.07, 6.45) is 4.30. The van der Waals surface area contributed by atoms with Crippen LogP contribution in [0.25, 0.3) is 6.08 Å². The highest BCUT2D eigenvalue weighted by molar-refractivity contribution is 5.98. The zero-order valence-corrected chi connectivity index (χ0v) is 17.3. The van der Waals surface area contributed by atoms with Crippen LogP contribution in [0.2, 0.25) is 0 Å². The molecule has 0 aromatic heterocycles. The first kappa shape index (κ1) is 20.8. The van der Waals surface area contributed by atoms with Crippen LogP contribution in [0.15, 0.2) is 60.7 Å². The Balaban J connectivity index is 1.51. The van der Waals surface area contributed by atoms with Crippen LogP contribution in [-0.4, -0.2) is 60.9 Å². The second kappa shape index (κ2) is 10.0. The minimum atomic E-state index is -0.114. The molecule has 1 saturated heterocycles. The average Bonchev–Trinajstić information content (AvgIpc) is 2.73. The number of piperazine rings is 1. The van der Waals surface area contributed by atoms with E-state index in [-0.39, 0.29) is 18.4 Å². The number of aryl methyl sites for hydroxylation is 1. The number of nitrogens with zero attached hydrogens (tertiary/aromatic N) is 3. The zero-order valence-electron chi connectivity index (χ0n) is 17.3. The van der Waals surface area contributed by atoms with Crippen molar-refractivity contribution in [3.8, 4) is 0 Å². The van der Waals surface area contributed by atoms with E-state index < -0.39 is 0 Å². The smallest absolute Gasteiger partial charge is 0.242 e. The Morgan fingerprint density at radius 1 is 0.966 bits per heavy atom. The molecular formula is C24H29N3O2. The van der Waals surface area contributed by atoms with Crippen LogP contribution in [-0.2, 0) is 9.59 Å². The molecule has 3 rings (SSSR count). The number of carbonyl (C=O) groups is 2. The first-order valence-corrected chi connectivity index (χ1v) is 10.1. The van der Waals surface area contributed by atoms with Gasteiger partial charge in [0.15, 0.2) is 0 Å². The second-order valence-corrected chi connectivity index (χ2v) is 7.39. The van der Waals surface area contributed by atoms with Crippen LogP contribution in [0.1, 0.15) is 18.1 Å². The Kier molecular flexibility index (Phi) is 7.19. The SMILES string of the molecule is CC(=O)N(CC(=O)N1CCN(C/C=C/c2ccccc2)CC1)c1ccccc1C. The summed E-state index contributed by atoms with van der Waals surface area (Å²) in [6, 6.07) is 17.9. The van der Waals surface area contributed by atoms with Crippen molar-refractivity contribution in [3.05, 3.63) is 71.8 Å². The van der Waals surface area contributed by atoms with E-state index in [2.05, 4.69) is 29.2 Å². The summed E-state index contributed by atoms with van der Waals surface area (Å²) >= 11 is 0. The topological polar surface area (TPSA) is 43.9 Å². The van der Waals surface area contributed by atoms with Crippen molar-refractivity contribution in [2.75, 3.05) is 44.2 Å². The van der Waals surface area contributed by atoms with E-state index in [9.17, 15) is 9.59 Å². The van der Waals surface area contributed by atoms with E-state index in [1.165, 1.54) is 12.5 Å². The molecule has 0 aliphatic carbocycles. The van der Waals surface area contributed by atoms with Gasteiger partial charge in [-0.1, -0.05) is 60.7 Å². The molecule has 0 spiro atoms. The molecule has 2 amide bonds. The molecule has 1 aliphatic heterocycles. The fourth-order valence-corrected chi connectivity index (χ4v) is 3.55. The number of rotatable bonds is 6. The van der Waals surface area contributed by atoms with E-state index in [0.717, 1.165) is 30.9 Å². The Morgan fingerprint density at radius 2 is 1.62 bits per heavy atom. The van der Waals surface area contributed by atoms with Crippen molar-refractivity contribution in [1.82, 2.24) is 9.80 Å². The molecule has 0 unspecified atom stereocenters. The summed E-state index contributed by atoms with van der Waals surface area (Å²) in [7, 11) is 0. The predicted octanol–water partition coefficient (Wildman–Crippen LogP) is 3.21. The molecule has 0 saturated carbocycles. The molecule has 1 heterocycles. The number of hydrogen-bond donors (Lipinski definition) is 0. The summed E-state index contributed by atoms with van der Waals surface area (Å²) in [5.41, 5.74) is 2.99. The maximum Gasteiger partial charge on any atom is 0.242 e. The summed E-state index contributed by atoms with van der Waals surface area (Å²) in [5.74, 6) is -0.111. The lowest BCUT2D eigenvalue weighted by Crippen LogP contribution is -2.51. The molecule has 5 nitrogen and oxygen atoms in total. The van der Waals surface area contributed by atoms with Gasteiger partial charge in [0.1, 0.15) is 6.54 Å². The van der Waals surface area contributed by atoms with Crippen molar-refractivity contribution in [1.29, 1.82) is 0 Å². The molecular weight excluding hydrogens is 362 g/mol. The average molecular weight is 392 g/mol. The fraction of sp³-hybridized carbons (Fsp3) is 0.333. The second-order valence-electron chi connectivity index (χ2n) is 7.39. The van der Waals surface area contributed by atoms with Crippen LogP contribution >= 0.6 is 0 Å². The number of benzene rings is 2. The Bertz CT molecular complexity index is 855. The molecule has 0 N–H and O–H groups in total. The maximum absolute atomic E-state index is 12.8. The van der Waals surface area contributed by atoms with E-state index in [1.807, 2.05) is 54.3 Å². The quantitative estimate of drug-likeness (QED) is 0.760. The van der Waals surface area contributed by atoms with Crippen LogP contribution in [0.3, 0.4) is 0 Å². The van der Waals surface area contributed by atoms with Crippen molar-refractivity contribution in [3.63, 3.8) is 0 Å². The van der Waals surface area contributed by atoms with Gasteiger partial charge in [-0.15, -0.1) is 0 Å². The Hall–Kier alpha value is -2.92. The summed E-state index contributed by atoms with van der Waals surface area (Å²) in [4.78, 5) is 30.7. The van der Waals surface area contributed by atoms with E-state index >= 15 is 0 Å². The van der Waals surface area contributed by atoms with Crippen LogP contribution in [0, 0.1) is 6.92 Å². The lowest BCUT2D eigenvalue weighted by atomic mass is 10.1. The van der Waals surface area contributed by atoms with E-state index in [4.69, 9.17) is 0 Å². The van der Waals surface area contributed by atoms with Gasteiger partial charge in [-0.2, -0.15) is 0 Å². The minimum Gasteiger partial charge on any atom is -0.339 e. The molecule has 29 heavy (non-hydrogen) atoms. The van der Waals surface area contributed by atoms with Gasteiger partial charge in [0, 0.05) is 45.3 Å². The van der Waals surface area contributed by atoms with Crippen molar-refractivity contribution in [2.45, 2.75) is 13.8 Å². The number of carbonyl (C=O) groups excluding carboxylic acids is 2. The maximum atomic E-state index is 12.8. The minimum absolute atomic E-state index is 0.00271. The molecule has 0 bridgehead atoms. The van der Waals surface area contributed by atoms with E-state index in [0.29, 0.717) is 13.1 Å². The number of para-hydroxylation sites is 1. The standard InChI is InChI=1S/C24H29N3O2/c1-20-9-6-7-13-23(20)27(21(2)28)19-24(29)26-17-15-25(16-18-26)14-8-12-22-10-4-3-5-11-22/h3-13H,14-19H2,1-2H3/b12-8+. The van der Waals surface area contributed by atoms with Gasteiger partial charge in [-0.05, 0) is 24.1 Å². The lowest BCUT2D eigenvalue weighted by molar-refractivity contribution is -0.132. The third kappa shape index (κ3) is 5.78. The molecule has 1 fully saturated rings. The molecule has 152 valence electrons. The van der Waals surface area contributed by atoms with Crippen LogP contribution in [0.4, 0.5) is 5.69 Å². The van der Waals surface area contributed by atoms with Gasteiger partial charge in [0.25, 0.3) is 0 Å². The van der Waals surface area contributed by atoms with Crippen LogP contribution < -0.4 is 4.90 Å². The highest BCUT2D eigenvalue weighted by atomic mass is 16.2. The van der Waals surface area contributed by atoms with Gasteiger partial charge in [-0.25, -0.2) is 0 Å². The highest BCUT2D eigenvalue weighted by Gasteiger charge is 2.24. The molecule has 0 radical (unpaired) electrons. The van der Waals surface area contributed by atoms with Crippen LogP contribution in [0.5, 0.6) is 0 Å². The molecule has 1 aliphatic rings. The highest BCUT2D eigenvalue weighted by Crippen LogP contribution is 2.20. The fourth-order valence-electron chi connectivity index (χ4n) is 3.55. The summed E-state index contributed by atoms with van der Waals surface area (Å²) in [6.45, 7) is 7.50. The zero-order chi connectivity index (χ0) is 20.6. The van der Waals surface area contributed by atoms with Gasteiger partial charge < -0.3 is 9.80 Å². The lowest BCUT2D eigenvalue weighted by Gasteiger charge is -2.35. The first-order chi connectivity index (χ1) is 14.0. The monoisotopic (exact) mass is 391 g/mol. The Morgan fingerprint density at radius 3 is 2.28 bits per heavy atom. The van der Waals surface area contributed by atoms with Gasteiger partial charge >= 0.3 is 0 Å². The molecule has 0 atom stereocenters. The van der Waals surface area contributed by atoms with E-state index in [1.54, 1.807) is 4.90 Å². The first-order valence-electron chi connectivity index (χ1n) is 10.1.